The molecule has 2 bridgehead atoms. The molecule has 3 aromatic rings. The van der Waals surface area contributed by atoms with Crippen molar-refractivity contribution in [2.24, 2.45) is 17.8 Å². The first-order valence-electron chi connectivity index (χ1n) is 11.6. The lowest BCUT2D eigenvalue weighted by Crippen LogP contribution is -2.43. The maximum absolute atomic E-state index is 14.5. The van der Waals surface area contributed by atoms with Crippen LogP contribution in [-0.2, 0) is 12.6 Å². The SMILES string of the molecule is Cc1nnc(N2C[C@H]3CC[C@@H](C2)C3Cc2nc(Oc3cccc(C(F)(F)F)c3F)n(C(C)C)n2)o1. The molecule has 12 heteroatoms. The van der Waals surface area contributed by atoms with Gasteiger partial charge in [0, 0.05) is 26.4 Å². The lowest BCUT2D eigenvalue weighted by atomic mass is 9.82. The average molecular weight is 494 g/mol. The lowest BCUT2D eigenvalue weighted by molar-refractivity contribution is -0.140. The van der Waals surface area contributed by atoms with Gasteiger partial charge in [-0.15, -0.1) is 5.10 Å². The number of fused-ring (bicyclic) bond motifs is 2. The molecule has 35 heavy (non-hydrogen) atoms. The van der Waals surface area contributed by atoms with Gasteiger partial charge >= 0.3 is 18.2 Å². The third-order valence-corrected chi connectivity index (χ3v) is 6.84. The van der Waals surface area contributed by atoms with Gasteiger partial charge in [-0.25, -0.2) is 9.07 Å². The number of piperidine rings is 1. The molecule has 1 saturated heterocycles. The van der Waals surface area contributed by atoms with Crippen LogP contribution in [-0.4, -0.2) is 38.1 Å². The summed E-state index contributed by atoms with van der Waals surface area (Å²) in [5.41, 5.74) is -1.38. The van der Waals surface area contributed by atoms with E-state index in [1.165, 1.54) is 4.68 Å². The summed E-state index contributed by atoms with van der Waals surface area (Å²) in [6.07, 6.45) is -2.08. The van der Waals surface area contributed by atoms with Crippen LogP contribution in [0.25, 0.3) is 0 Å². The van der Waals surface area contributed by atoms with E-state index in [-0.39, 0.29) is 12.1 Å². The minimum atomic E-state index is -4.82. The van der Waals surface area contributed by atoms with Gasteiger partial charge < -0.3 is 14.1 Å². The predicted molar refractivity (Wildman–Crippen MR) is 117 cm³/mol. The molecule has 3 heterocycles. The van der Waals surface area contributed by atoms with E-state index in [9.17, 15) is 17.6 Å². The van der Waals surface area contributed by atoms with Gasteiger partial charge in [-0.05, 0) is 56.6 Å². The molecular weight excluding hydrogens is 468 g/mol. The molecule has 0 N–H and O–H groups in total. The van der Waals surface area contributed by atoms with Crippen molar-refractivity contribution in [2.75, 3.05) is 18.0 Å². The third-order valence-electron chi connectivity index (χ3n) is 6.84. The topological polar surface area (TPSA) is 82.1 Å². The van der Waals surface area contributed by atoms with Gasteiger partial charge in [-0.3, -0.25) is 0 Å². The number of hydrogen-bond acceptors (Lipinski definition) is 7. The van der Waals surface area contributed by atoms with Crippen molar-refractivity contribution in [3.05, 3.63) is 41.3 Å². The van der Waals surface area contributed by atoms with E-state index < -0.39 is 23.3 Å². The quantitative estimate of drug-likeness (QED) is 0.436. The summed E-state index contributed by atoms with van der Waals surface area (Å²) in [7, 11) is 0. The van der Waals surface area contributed by atoms with Crippen molar-refractivity contribution in [1.29, 1.82) is 0 Å². The highest BCUT2D eigenvalue weighted by molar-refractivity contribution is 5.34. The minimum Gasteiger partial charge on any atom is -0.421 e. The third kappa shape index (κ3) is 4.57. The maximum atomic E-state index is 14.5. The number of benzene rings is 1. The Kier molecular flexibility index (Phi) is 5.92. The molecule has 2 fully saturated rings. The molecule has 2 aromatic heterocycles. The first-order chi connectivity index (χ1) is 16.6. The summed E-state index contributed by atoms with van der Waals surface area (Å²) in [5.74, 6) is 0.198. The summed E-state index contributed by atoms with van der Waals surface area (Å²) < 4.78 is 66.5. The number of anilines is 1. The van der Waals surface area contributed by atoms with Crippen molar-refractivity contribution in [1.82, 2.24) is 25.0 Å². The Morgan fingerprint density at radius 2 is 1.86 bits per heavy atom. The zero-order chi connectivity index (χ0) is 24.9. The number of aryl methyl sites for hydroxylation is 1. The smallest absolute Gasteiger partial charge is 0.419 e. The van der Waals surface area contributed by atoms with Crippen LogP contribution in [0.1, 0.15) is 50.0 Å². The van der Waals surface area contributed by atoms with Crippen molar-refractivity contribution in [2.45, 2.75) is 52.3 Å². The molecule has 1 saturated carbocycles. The summed E-state index contributed by atoms with van der Waals surface area (Å²) in [4.78, 5) is 6.59. The highest BCUT2D eigenvalue weighted by atomic mass is 19.4. The van der Waals surface area contributed by atoms with Gasteiger partial charge in [0.25, 0.3) is 0 Å². The van der Waals surface area contributed by atoms with Gasteiger partial charge in [0.1, 0.15) is 0 Å². The highest BCUT2D eigenvalue weighted by Crippen LogP contribution is 2.44. The van der Waals surface area contributed by atoms with E-state index in [4.69, 9.17) is 9.15 Å². The molecular formula is C23H26F4N6O2. The Bertz CT molecular complexity index is 1190. The van der Waals surface area contributed by atoms with Gasteiger partial charge in [-0.1, -0.05) is 11.2 Å². The zero-order valence-corrected chi connectivity index (χ0v) is 19.6. The summed E-state index contributed by atoms with van der Waals surface area (Å²) in [6.45, 7) is 7.06. The van der Waals surface area contributed by atoms with Crippen LogP contribution in [0.5, 0.6) is 11.8 Å². The Morgan fingerprint density at radius 1 is 1.14 bits per heavy atom. The van der Waals surface area contributed by atoms with Gasteiger partial charge in [-0.2, -0.15) is 23.3 Å². The monoisotopic (exact) mass is 494 g/mol. The predicted octanol–water partition coefficient (Wildman–Crippen LogP) is 5.21. The van der Waals surface area contributed by atoms with Gasteiger partial charge in [0.05, 0.1) is 11.6 Å². The molecule has 0 spiro atoms. The largest absolute Gasteiger partial charge is 0.421 e. The second-order valence-electron chi connectivity index (χ2n) is 9.54. The molecule has 3 atom stereocenters. The van der Waals surface area contributed by atoms with Crippen LogP contribution in [0.2, 0.25) is 0 Å². The Balaban J connectivity index is 1.35. The average Bonchev–Trinajstić information content (AvgIpc) is 3.45. The number of halogens is 4. The van der Waals surface area contributed by atoms with E-state index >= 15 is 0 Å². The van der Waals surface area contributed by atoms with Crippen molar-refractivity contribution in [3.63, 3.8) is 0 Å². The molecule has 2 aliphatic rings. The fourth-order valence-corrected chi connectivity index (χ4v) is 5.20. The molecule has 5 rings (SSSR count). The molecule has 0 amide bonds. The number of hydrogen-bond donors (Lipinski definition) is 0. The fraction of sp³-hybridized carbons (Fsp3) is 0.565. The van der Waals surface area contributed by atoms with Crippen LogP contribution < -0.4 is 9.64 Å². The van der Waals surface area contributed by atoms with E-state index in [1.807, 2.05) is 13.8 Å². The molecule has 1 aliphatic carbocycles. The lowest BCUT2D eigenvalue weighted by Gasteiger charge is -2.36. The maximum Gasteiger partial charge on any atom is 0.419 e. The van der Waals surface area contributed by atoms with Crippen LogP contribution in [0.15, 0.2) is 22.6 Å². The first-order valence-corrected chi connectivity index (χ1v) is 11.6. The second kappa shape index (κ2) is 8.80. The minimum absolute atomic E-state index is 0.0284. The van der Waals surface area contributed by atoms with E-state index in [1.54, 1.807) is 6.92 Å². The number of ether oxygens (including phenoxy) is 1. The van der Waals surface area contributed by atoms with Crippen molar-refractivity contribution < 1.29 is 26.7 Å². The van der Waals surface area contributed by atoms with Crippen LogP contribution in [0, 0.1) is 30.5 Å². The molecule has 1 aromatic carbocycles. The van der Waals surface area contributed by atoms with Crippen LogP contribution >= 0.6 is 0 Å². The second-order valence-corrected chi connectivity index (χ2v) is 9.54. The van der Waals surface area contributed by atoms with Crippen molar-refractivity contribution in [3.8, 4) is 11.8 Å². The molecule has 0 radical (unpaired) electrons. The summed E-state index contributed by atoms with van der Waals surface area (Å²) in [6, 6.07) is 3.27. The van der Waals surface area contributed by atoms with Gasteiger partial charge in [0.15, 0.2) is 17.4 Å². The van der Waals surface area contributed by atoms with E-state index in [0.717, 1.165) is 38.1 Å². The Morgan fingerprint density at radius 3 is 2.46 bits per heavy atom. The van der Waals surface area contributed by atoms with Crippen molar-refractivity contribution >= 4 is 6.01 Å². The molecule has 1 unspecified atom stereocenters. The standard InChI is InChI=1S/C23H26F4N6O2/c1-12(2)33-21(35-18-6-4-5-17(20(18)24)23(25,26)27)28-19(31-33)9-16-14-7-8-15(16)11-32(10-14)22-30-29-13(3)34-22/h4-6,12,14-16H,7-11H2,1-3H3/t14-,15+,16?. The Labute approximate surface area is 199 Å². The van der Waals surface area contributed by atoms with Gasteiger partial charge in [0.2, 0.25) is 5.89 Å². The summed E-state index contributed by atoms with van der Waals surface area (Å²) in [5, 5.41) is 12.6. The zero-order valence-electron chi connectivity index (χ0n) is 19.6. The van der Waals surface area contributed by atoms with E-state index in [0.29, 0.717) is 48.0 Å². The number of nitrogens with zero attached hydrogens (tertiary/aromatic N) is 6. The van der Waals surface area contributed by atoms with E-state index in [2.05, 4.69) is 25.2 Å². The van der Waals surface area contributed by atoms with Crippen LogP contribution in [0.4, 0.5) is 23.6 Å². The number of aromatic nitrogens is 5. The summed E-state index contributed by atoms with van der Waals surface area (Å²) >= 11 is 0. The molecule has 8 nitrogen and oxygen atoms in total. The fourth-order valence-electron chi connectivity index (χ4n) is 5.20. The highest BCUT2D eigenvalue weighted by Gasteiger charge is 2.43. The molecule has 188 valence electrons. The number of alkyl halides is 3. The normalized spacial score (nSPS) is 22.3. The molecule has 1 aliphatic heterocycles. The first kappa shape index (κ1) is 23.6. The Hall–Kier alpha value is -3.18. The van der Waals surface area contributed by atoms with Crippen LogP contribution in [0.3, 0.4) is 0 Å². The number of rotatable bonds is 6.